The zero-order valence-electron chi connectivity index (χ0n) is 17.0. The first-order chi connectivity index (χ1) is 14.4. The molecule has 7 heteroatoms. The molecule has 0 N–H and O–H groups in total. The first-order valence-electron chi connectivity index (χ1n) is 10.0. The molecule has 2 aromatic carbocycles. The first kappa shape index (κ1) is 21.8. The number of hydrogen-bond donors (Lipinski definition) is 0. The van der Waals surface area contributed by atoms with Crippen LogP contribution in [0.15, 0.2) is 48.5 Å². The summed E-state index contributed by atoms with van der Waals surface area (Å²) in [7, 11) is 0. The van der Waals surface area contributed by atoms with Crippen molar-refractivity contribution in [1.82, 2.24) is 9.80 Å². The molecule has 158 valence electrons. The molecule has 6 nitrogen and oxygen atoms in total. The van der Waals surface area contributed by atoms with Crippen molar-refractivity contribution in [1.29, 1.82) is 0 Å². The van der Waals surface area contributed by atoms with E-state index in [1.807, 2.05) is 29.2 Å². The lowest BCUT2D eigenvalue weighted by atomic mass is 10.1. The fourth-order valence-corrected chi connectivity index (χ4v) is 3.73. The molecule has 1 fully saturated rings. The van der Waals surface area contributed by atoms with Crippen LogP contribution in [-0.2, 0) is 16.0 Å². The van der Waals surface area contributed by atoms with Gasteiger partial charge >= 0.3 is 5.97 Å². The standard InChI is InChI=1S/C23H25ClN2O4/c1-17(27)30-21-8-3-6-19(16-21)23(29)26-12-4-11-25(13-14-26)22(28)10-9-18-5-2-7-20(24)15-18/h2-3,5-8,15-16H,4,9-14H2,1H3. The first-order valence-corrected chi connectivity index (χ1v) is 10.4. The lowest BCUT2D eigenvalue weighted by molar-refractivity contribution is -0.132. The summed E-state index contributed by atoms with van der Waals surface area (Å²) in [6.45, 7) is 3.50. The van der Waals surface area contributed by atoms with E-state index in [-0.39, 0.29) is 11.8 Å². The molecule has 0 unspecified atom stereocenters. The smallest absolute Gasteiger partial charge is 0.308 e. The molecular weight excluding hydrogens is 404 g/mol. The van der Waals surface area contributed by atoms with Gasteiger partial charge in [0.25, 0.3) is 5.91 Å². The Morgan fingerprint density at radius 2 is 1.70 bits per heavy atom. The molecule has 1 aliphatic rings. The number of benzene rings is 2. The Morgan fingerprint density at radius 3 is 2.47 bits per heavy atom. The molecule has 0 atom stereocenters. The van der Waals surface area contributed by atoms with Crippen LogP contribution in [0.25, 0.3) is 0 Å². The van der Waals surface area contributed by atoms with Crippen LogP contribution in [0.5, 0.6) is 5.75 Å². The number of nitrogens with zero attached hydrogens (tertiary/aromatic N) is 2. The predicted octanol–water partition coefficient (Wildman–Crippen LogP) is 3.57. The average molecular weight is 429 g/mol. The average Bonchev–Trinajstić information content (AvgIpc) is 2.97. The monoisotopic (exact) mass is 428 g/mol. The minimum atomic E-state index is -0.429. The Kier molecular flexibility index (Phi) is 7.46. The molecule has 0 spiro atoms. The number of rotatable bonds is 5. The van der Waals surface area contributed by atoms with Gasteiger partial charge in [-0.2, -0.15) is 0 Å². The third-order valence-electron chi connectivity index (χ3n) is 4.99. The highest BCUT2D eigenvalue weighted by molar-refractivity contribution is 6.30. The molecule has 2 amide bonds. The number of ether oxygens (including phenoxy) is 1. The zero-order chi connectivity index (χ0) is 21.5. The van der Waals surface area contributed by atoms with Gasteiger partial charge in [0.15, 0.2) is 0 Å². The molecule has 1 aliphatic heterocycles. The van der Waals surface area contributed by atoms with Gasteiger partial charge in [-0.05, 0) is 48.7 Å². The quantitative estimate of drug-likeness (QED) is 0.539. The maximum Gasteiger partial charge on any atom is 0.308 e. The number of carbonyl (C=O) groups excluding carboxylic acids is 3. The second kappa shape index (κ2) is 10.3. The van der Waals surface area contributed by atoms with Gasteiger partial charge in [-0.1, -0.05) is 29.8 Å². The largest absolute Gasteiger partial charge is 0.427 e. The van der Waals surface area contributed by atoms with Crippen molar-refractivity contribution in [3.63, 3.8) is 0 Å². The van der Waals surface area contributed by atoms with Gasteiger partial charge in [0, 0.05) is 50.1 Å². The number of esters is 1. The van der Waals surface area contributed by atoms with E-state index >= 15 is 0 Å². The minimum Gasteiger partial charge on any atom is -0.427 e. The Balaban J connectivity index is 1.55. The summed E-state index contributed by atoms with van der Waals surface area (Å²) >= 11 is 6.00. The van der Waals surface area contributed by atoms with Gasteiger partial charge in [-0.15, -0.1) is 0 Å². The third-order valence-corrected chi connectivity index (χ3v) is 5.23. The highest BCUT2D eigenvalue weighted by atomic mass is 35.5. The normalized spacial score (nSPS) is 14.2. The highest BCUT2D eigenvalue weighted by Gasteiger charge is 2.23. The molecule has 1 saturated heterocycles. The van der Waals surface area contributed by atoms with E-state index in [2.05, 4.69) is 0 Å². The van der Waals surface area contributed by atoms with Crippen LogP contribution in [0.3, 0.4) is 0 Å². The van der Waals surface area contributed by atoms with E-state index in [4.69, 9.17) is 16.3 Å². The SMILES string of the molecule is CC(=O)Oc1cccc(C(=O)N2CCCN(C(=O)CCc3cccc(Cl)c3)CC2)c1. The Hall–Kier alpha value is -2.86. The van der Waals surface area contributed by atoms with Gasteiger partial charge in [-0.25, -0.2) is 0 Å². The van der Waals surface area contributed by atoms with E-state index in [1.165, 1.54) is 6.92 Å². The zero-order valence-corrected chi connectivity index (χ0v) is 17.7. The number of amides is 2. The molecule has 0 aromatic heterocycles. The molecule has 0 radical (unpaired) electrons. The number of carbonyl (C=O) groups is 3. The van der Waals surface area contributed by atoms with Crippen LogP contribution in [-0.4, -0.2) is 53.8 Å². The van der Waals surface area contributed by atoms with Gasteiger partial charge in [0.05, 0.1) is 0 Å². The highest BCUT2D eigenvalue weighted by Crippen LogP contribution is 2.17. The second-order valence-corrected chi connectivity index (χ2v) is 7.71. The van der Waals surface area contributed by atoms with Crippen molar-refractivity contribution in [3.05, 3.63) is 64.7 Å². The van der Waals surface area contributed by atoms with E-state index in [0.29, 0.717) is 55.4 Å². The summed E-state index contributed by atoms with van der Waals surface area (Å²) < 4.78 is 5.07. The van der Waals surface area contributed by atoms with Gasteiger partial charge in [0.2, 0.25) is 5.91 Å². The van der Waals surface area contributed by atoms with Crippen molar-refractivity contribution < 1.29 is 19.1 Å². The molecule has 0 bridgehead atoms. The number of hydrogen-bond acceptors (Lipinski definition) is 4. The Morgan fingerprint density at radius 1 is 0.967 bits per heavy atom. The maximum absolute atomic E-state index is 12.9. The van der Waals surface area contributed by atoms with E-state index in [0.717, 1.165) is 12.0 Å². The number of halogens is 1. The topological polar surface area (TPSA) is 66.9 Å². The van der Waals surface area contributed by atoms with E-state index in [1.54, 1.807) is 29.2 Å². The summed E-state index contributed by atoms with van der Waals surface area (Å²) in [6, 6.07) is 14.1. The van der Waals surface area contributed by atoms with Gasteiger partial charge in [0.1, 0.15) is 5.75 Å². The summed E-state index contributed by atoms with van der Waals surface area (Å²) in [4.78, 5) is 40.2. The fraction of sp³-hybridized carbons (Fsp3) is 0.348. The van der Waals surface area contributed by atoms with Crippen molar-refractivity contribution in [2.24, 2.45) is 0 Å². The minimum absolute atomic E-state index is 0.0844. The van der Waals surface area contributed by atoms with Crippen LogP contribution in [0, 0.1) is 0 Å². The molecular formula is C23H25ClN2O4. The molecule has 0 saturated carbocycles. The van der Waals surface area contributed by atoms with E-state index < -0.39 is 5.97 Å². The molecule has 3 rings (SSSR count). The summed E-state index contributed by atoms with van der Waals surface area (Å²) in [5.41, 5.74) is 1.50. The lowest BCUT2D eigenvalue weighted by Crippen LogP contribution is -2.37. The molecule has 30 heavy (non-hydrogen) atoms. The Labute approximate surface area is 181 Å². The second-order valence-electron chi connectivity index (χ2n) is 7.28. The summed E-state index contributed by atoms with van der Waals surface area (Å²) in [5, 5.41) is 0.668. The molecule has 2 aromatic rings. The fourth-order valence-electron chi connectivity index (χ4n) is 3.51. The van der Waals surface area contributed by atoms with Crippen molar-refractivity contribution in [2.75, 3.05) is 26.2 Å². The van der Waals surface area contributed by atoms with Crippen LogP contribution in [0.1, 0.15) is 35.7 Å². The molecule has 1 heterocycles. The summed E-state index contributed by atoms with van der Waals surface area (Å²) in [6.07, 6.45) is 1.78. The van der Waals surface area contributed by atoms with Crippen LogP contribution >= 0.6 is 11.6 Å². The Bertz CT molecular complexity index is 931. The van der Waals surface area contributed by atoms with Crippen LogP contribution in [0.4, 0.5) is 0 Å². The number of aryl methyl sites for hydroxylation is 1. The van der Waals surface area contributed by atoms with Crippen molar-refractivity contribution in [3.8, 4) is 5.75 Å². The van der Waals surface area contributed by atoms with Crippen LogP contribution < -0.4 is 4.74 Å². The molecule has 0 aliphatic carbocycles. The third kappa shape index (κ3) is 6.07. The van der Waals surface area contributed by atoms with Crippen molar-refractivity contribution in [2.45, 2.75) is 26.2 Å². The predicted molar refractivity (Wildman–Crippen MR) is 115 cm³/mol. The maximum atomic E-state index is 12.9. The van der Waals surface area contributed by atoms with Gasteiger partial charge in [-0.3, -0.25) is 14.4 Å². The van der Waals surface area contributed by atoms with Crippen molar-refractivity contribution >= 4 is 29.4 Å². The lowest BCUT2D eigenvalue weighted by Gasteiger charge is -2.22. The van der Waals surface area contributed by atoms with E-state index in [9.17, 15) is 14.4 Å². The van der Waals surface area contributed by atoms with Gasteiger partial charge < -0.3 is 14.5 Å². The summed E-state index contributed by atoms with van der Waals surface area (Å²) in [5.74, 6) is -0.124. The van der Waals surface area contributed by atoms with Crippen LogP contribution in [0.2, 0.25) is 5.02 Å².